The average Bonchev–Trinajstić information content (AvgIpc) is 2.09. The molecule has 1 heterocycles. The van der Waals surface area contributed by atoms with E-state index in [0.717, 1.165) is 30.8 Å². The highest BCUT2D eigenvalue weighted by Crippen LogP contribution is 2.10. The first-order chi connectivity index (χ1) is 6.65. The summed E-state index contributed by atoms with van der Waals surface area (Å²) in [7, 11) is 1.97. The summed E-state index contributed by atoms with van der Waals surface area (Å²) in [6.45, 7) is 5.11. The van der Waals surface area contributed by atoms with Gasteiger partial charge in [0, 0.05) is 11.4 Å². The maximum Gasteiger partial charge on any atom is 0.197 e. The summed E-state index contributed by atoms with van der Waals surface area (Å²) in [5.41, 5.74) is 3.51. The molecule has 0 aliphatic heterocycles. The Bertz CT molecular complexity index is 331. The molecule has 78 valence electrons. The van der Waals surface area contributed by atoms with Crippen molar-refractivity contribution in [1.82, 2.24) is 15.3 Å². The summed E-state index contributed by atoms with van der Waals surface area (Å²) in [6, 6.07) is 0. The third kappa shape index (κ3) is 2.89. The molecule has 0 aliphatic rings. The predicted octanol–water partition coefficient (Wildman–Crippen LogP) is 1.91. The van der Waals surface area contributed by atoms with Crippen molar-refractivity contribution in [2.75, 3.05) is 13.6 Å². The fraction of sp³-hybridized carbons (Fsp3) is 0.600. The fourth-order valence-electron chi connectivity index (χ4n) is 1.57. The van der Waals surface area contributed by atoms with Crippen LogP contribution in [-0.2, 0) is 6.42 Å². The molecule has 1 aromatic heterocycles. The molecule has 3 nitrogen and oxygen atoms in total. The molecule has 0 saturated heterocycles. The second kappa shape index (κ2) is 5.22. The molecule has 1 rings (SSSR count). The summed E-state index contributed by atoms with van der Waals surface area (Å²) >= 11 is 5.00. The summed E-state index contributed by atoms with van der Waals surface area (Å²) < 4.78 is 0.581. The van der Waals surface area contributed by atoms with Crippen LogP contribution in [-0.4, -0.2) is 23.6 Å². The first kappa shape index (κ1) is 11.3. The Kier molecular flexibility index (Phi) is 4.22. The van der Waals surface area contributed by atoms with Gasteiger partial charge >= 0.3 is 0 Å². The quantitative estimate of drug-likeness (QED) is 0.590. The van der Waals surface area contributed by atoms with E-state index in [-0.39, 0.29) is 0 Å². The monoisotopic (exact) mass is 211 g/mol. The molecule has 0 saturated carbocycles. The van der Waals surface area contributed by atoms with Gasteiger partial charge in [0.05, 0.1) is 0 Å². The summed E-state index contributed by atoms with van der Waals surface area (Å²) in [5.74, 6) is 0. The van der Waals surface area contributed by atoms with E-state index in [1.807, 2.05) is 14.0 Å². The zero-order chi connectivity index (χ0) is 10.6. The molecule has 2 N–H and O–H groups in total. The second-order valence-electron chi connectivity index (χ2n) is 3.44. The molecule has 0 amide bonds. The van der Waals surface area contributed by atoms with E-state index < -0.39 is 0 Å². The van der Waals surface area contributed by atoms with Gasteiger partial charge in [-0.15, -0.1) is 0 Å². The van der Waals surface area contributed by atoms with Gasteiger partial charge in [-0.25, -0.2) is 4.98 Å². The Labute approximate surface area is 90.0 Å². The minimum absolute atomic E-state index is 0.581. The van der Waals surface area contributed by atoms with Gasteiger partial charge in [-0.05, 0) is 58.1 Å². The van der Waals surface area contributed by atoms with Crippen molar-refractivity contribution in [1.29, 1.82) is 0 Å². The lowest BCUT2D eigenvalue weighted by Crippen LogP contribution is -2.10. The minimum atomic E-state index is 0.581. The smallest absolute Gasteiger partial charge is 0.197 e. The molecule has 0 atom stereocenters. The van der Waals surface area contributed by atoms with Crippen molar-refractivity contribution in [2.24, 2.45) is 0 Å². The van der Waals surface area contributed by atoms with Gasteiger partial charge in [0.15, 0.2) is 4.77 Å². The topological polar surface area (TPSA) is 40.7 Å². The Morgan fingerprint density at radius 2 is 2.14 bits per heavy atom. The maximum atomic E-state index is 5.00. The third-order valence-electron chi connectivity index (χ3n) is 2.31. The SMILES string of the molecule is CNCCCc1c(C)nc(=S)[nH]c1C. The van der Waals surface area contributed by atoms with Gasteiger partial charge in [-0.1, -0.05) is 0 Å². The lowest BCUT2D eigenvalue weighted by Gasteiger charge is -2.08. The molecular weight excluding hydrogens is 194 g/mol. The lowest BCUT2D eigenvalue weighted by molar-refractivity contribution is 0.714. The van der Waals surface area contributed by atoms with Crippen LogP contribution in [0, 0.1) is 18.6 Å². The van der Waals surface area contributed by atoms with Crippen LogP contribution in [0.1, 0.15) is 23.4 Å². The third-order valence-corrected chi connectivity index (χ3v) is 2.50. The summed E-state index contributed by atoms with van der Waals surface area (Å²) in [6.07, 6.45) is 2.18. The molecule has 0 spiro atoms. The van der Waals surface area contributed by atoms with E-state index in [1.54, 1.807) is 0 Å². The maximum absolute atomic E-state index is 5.00. The zero-order valence-corrected chi connectivity index (χ0v) is 9.79. The molecule has 0 aliphatic carbocycles. The van der Waals surface area contributed by atoms with E-state index >= 15 is 0 Å². The van der Waals surface area contributed by atoms with E-state index in [2.05, 4.69) is 22.2 Å². The first-order valence-electron chi connectivity index (χ1n) is 4.86. The molecule has 0 fully saturated rings. The second-order valence-corrected chi connectivity index (χ2v) is 3.82. The Balaban J connectivity index is 2.80. The van der Waals surface area contributed by atoms with E-state index in [4.69, 9.17) is 12.2 Å². The molecule has 0 aromatic carbocycles. The number of aryl methyl sites for hydroxylation is 2. The van der Waals surface area contributed by atoms with Crippen LogP contribution in [0.4, 0.5) is 0 Å². The molecule has 4 heteroatoms. The number of rotatable bonds is 4. The predicted molar refractivity (Wildman–Crippen MR) is 61.1 cm³/mol. The fourth-order valence-corrected chi connectivity index (χ4v) is 1.86. The van der Waals surface area contributed by atoms with Gasteiger partial charge in [-0.2, -0.15) is 0 Å². The van der Waals surface area contributed by atoms with Crippen molar-refractivity contribution in [3.63, 3.8) is 0 Å². The van der Waals surface area contributed by atoms with Crippen LogP contribution in [0.25, 0.3) is 0 Å². The highest BCUT2D eigenvalue weighted by Gasteiger charge is 2.03. The van der Waals surface area contributed by atoms with Gasteiger partial charge in [0.25, 0.3) is 0 Å². The Morgan fingerprint density at radius 1 is 1.43 bits per heavy atom. The molecular formula is C10H17N3S. The van der Waals surface area contributed by atoms with Crippen LogP contribution >= 0.6 is 12.2 Å². The van der Waals surface area contributed by atoms with Crippen LogP contribution in [0.2, 0.25) is 0 Å². The zero-order valence-electron chi connectivity index (χ0n) is 8.98. The van der Waals surface area contributed by atoms with Gasteiger partial charge in [0.1, 0.15) is 0 Å². The van der Waals surface area contributed by atoms with Crippen LogP contribution in [0.3, 0.4) is 0 Å². The lowest BCUT2D eigenvalue weighted by atomic mass is 10.1. The first-order valence-corrected chi connectivity index (χ1v) is 5.27. The highest BCUT2D eigenvalue weighted by atomic mass is 32.1. The largest absolute Gasteiger partial charge is 0.335 e. The minimum Gasteiger partial charge on any atom is -0.335 e. The van der Waals surface area contributed by atoms with Crippen molar-refractivity contribution in [3.05, 3.63) is 21.7 Å². The number of hydrogen-bond donors (Lipinski definition) is 2. The van der Waals surface area contributed by atoms with Crippen molar-refractivity contribution in [2.45, 2.75) is 26.7 Å². The van der Waals surface area contributed by atoms with E-state index in [0.29, 0.717) is 4.77 Å². The molecule has 0 bridgehead atoms. The summed E-state index contributed by atoms with van der Waals surface area (Å²) in [5, 5.41) is 3.14. The normalized spacial score (nSPS) is 10.5. The number of nitrogens with zero attached hydrogens (tertiary/aromatic N) is 1. The van der Waals surface area contributed by atoms with Crippen molar-refractivity contribution in [3.8, 4) is 0 Å². The molecule has 1 aromatic rings. The molecule has 14 heavy (non-hydrogen) atoms. The number of aromatic amines is 1. The van der Waals surface area contributed by atoms with Gasteiger partial charge in [-0.3, -0.25) is 0 Å². The highest BCUT2D eigenvalue weighted by molar-refractivity contribution is 7.71. The number of aromatic nitrogens is 2. The van der Waals surface area contributed by atoms with Crippen molar-refractivity contribution >= 4 is 12.2 Å². The van der Waals surface area contributed by atoms with E-state index in [9.17, 15) is 0 Å². The summed E-state index contributed by atoms with van der Waals surface area (Å²) in [4.78, 5) is 7.34. The molecule has 0 radical (unpaired) electrons. The standard InChI is InChI=1S/C10H17N3S/c1-7-9(5-4-6-11-3)8(2)13-10(14)12-7/h11H,4-6H2,1-3H3,(H,12,13,14). The van der Waals surface area contributed by atoms with Gasteiger partial charge < -0.3 is 10.3 Å². The average molecular weight is 211 g/mol. The van der Waals surface area contributed by atoms with Crippen LogP contribution < -0.4 is 5.32 Å². The van der Waals surface area contributed by atoms with Crippen LogP contribution in [0.15, 0.2) is 0 Å². The van der Waals surface area contributed by atoms with Crippen LogP contribution in [0.5, 0.6) is 0 Å². The van der Waals surface area contributed by atoms with Gasteiger partial charge in [0.2, 0.25) is 0 Å². The molecule has 0 unspecified atom stereocenters. The van der Waals surface area contributed by atoms with E-state index in [1.165, 1.54) is 5.56 Å². The Hall–Kier alpha value is -0.740. The Morgan fingerprint density at radius 3 is 2.71 bits per heavy atom. The van der Waals surface area contributed by atoms with Crippen molar-refractivity contribution < 1.29 is 0 Å². The number of hydrogen-bond acceptors (Lipinski definition) is 3. The number of H-pyrrole nitrogens is 1. The number of nitrogens with one attached hydrogen (secondary N) is 2.